The standard InChI is InChI=1S/C14H18N2O2/c1-10(2)16-14(17)8-11(9-15)12-6-4-5-7-13(12)18-3/h4-7,10-11H,8H2,1-3H3,(H,16,17). The molecule has 0 aromatic heterocycles. The molecule has 1 atom stereocenters. The summed E-state index contributed by atoms with van der Waals surface area (Å²) in [7, 11) is 1.56. The predicted molar refractivity (Wildman–Crippen MR) is 69.2 cm³/mol. The number of nitrogens with one attached hydrogen (secondary N) is 1. The minimum atomic E-state index is -0.486. The summed E-state index contributed by atoms with van der Waals surface area (Å²) in [6.07, 6.45) is 0.148. The summed E-state index contributed by atoms with van der Waals surface area (Å²) in [6, 6.07) is 9.52. The van der Waals surface area contributed by atoms with Crippen molar-refractivity contribution in [2.24, 2.45) is 0 Å². The Morgan fingerprint density at radius 1 is 1.44 bits per heavy atom. The van der Waals surface area contributed by atoms with Crippen LogP contribution >= 0.6 is 0 Å². The number of carbonyl (C=O) groups excluding carboxylic acids is 1. The van der Waals surface area contributed by atoms with E-state index < -0.39 is 5.92 Å². The summed E-state index contributed by atoms with van der Waals surface area (Å²) >= 11 is 0. The van der Waals surface area contributed by atoms with Crippen LogP contribution in [0.3, 0.4) is 0 Å². The first-order chi connectivity index (χ1) is 8.58. The number of hydrogen-bond donors (Lipinski definition) is 1. The van der Waals surface area contributed by atoms with Crippen molar-refractivity contribution < 1.29 is 9.53 Å². The van der Waals surface area contributed by atoms with Gasteiger partial charge in [-0.2, -0.15) is 5.26 Å². The highest BCUT2D eigenvalue weighted by molar-refractivity contribution is 5.77. The smallest absolute Gasteiger partial charge is 0.221 e. The molecule has 1 N–H and O–H groups in total. The number of carbonyl (C=O) groups is 1. The van der Waals surface area contributed by atoms with Crippen LogP contribution in [0.4, 0.5) is 0 Å². The van der Waals surface area contributed by atoms with Crippen molar-refractivity contribution in [1.29, 1.82) is 5.26 Å². The zero-order chi connectivity index (χ0) is 13.5. The summed E-state index contributed by atoms with van der Waals surface area (Å²) in [5.74, 6) is 0.0313. The molecule has 4 heteroatoms. The summed E-state index contributed by atoms with van der Waals surface area (Å²) in [5, 5.41) is 12.0. The number of nitrogens with zero attached hydrogens (tertiary/aromatic N) is 1. The number of hydrogen-bond acceptors (Lipinski definition) is 3. The van der Waals surface area contributed by atoms with E-state index in [0.29, 0.717) is 5.75 Å². The van der Waals surface area contributed by atoms with Crippen molar-refractivity contribution >= 4 is 5.91 Å². The second-order valence-electron chi connectivity index (χ2n) is 4.35. The molecule has 96 valence electrons. The van der Waals surface area contributed by atoms with E-state index >= 15 is 0 Å². The molecular weight excluding hydrogens is 228 g/mol. The van der Waals surface area contributed by atoms with Crippen LogP contribution in [0.2, 0.25) is 0 Å². The van der Waals surface area contributed by atoms with Gasteiger partial charge in [-0.3, -0.25) is 4.79 Å². The fourth-order valence-corrected chi connectivity index (χ4v) is 1.75. The Bertz CT molecular complexity index is 449. The molecule has 18 heavy (non-hydrogen) atoms. The van der Waals surface area contributed by atoms with Crippen LogP contribution in [0.5, 0.6) is 5.75 Å². The first-order valence-corrected chi connectivity index (χ1v) is 5.90. The molecule has 0 saturated heterocycles. The zero-order valence-electron chi connectivity index (χ0n) is 10.9. The van der Waals surface area contributed by atoms with Crippen molar-refractivity contribution in [3.05, 3.63) is 29.8 Å². The second-order valence-corrected chi connectivity index (χ2v) is 4.35. The van der Waals surface area contributed by atoms with Crippen LogP contribution in [0.25, 0.3) is 0 Å². The summed E-state index contributed by atoms with van der Waals surface area (Å²) in [6.45, 7) is 3.78. The highest BCUT2D eigenvalue weighted by Crippen LogP contribution is 2.28. The molecule has 1 amide bonds. The number of methoxy groups -OCH3 is 1. The Balaban J connectivity index is 2.84. The normalized spacial score (nSPS) is 11.7. The van der Waals surface area contributed by atoms with E-state index in [4.69, 9.17) is 4.74 Å². The van der Waals surface area contributed by atoms with Gasteiger partial charge in [-0.1, -0.05) is 18.2 Å². The molecule has 0 spiro atoms. The van der Waals surface area contributed by atoms with Crippen molar-refractivity contribution in [3.63, 3.8) is 0 Å². The minimum absolute atomic E-state index is 0.0783. The van der Waals surface area contributed by atoms with Crippen molar-refractivity contribution in [3.8, 4) is 11.8 Å². The van der Waals surface area contributed by atoms with E-state index in [-0.39, 0.29) is 18.4 Å². The van der Waals surface area contributed by atoms with Gasteiger partial charge in [-0.25, -0.2) is 0 Å². The lowest BCUT2D eigenvalue weighted by molar-refractivity contribution is -0.121. The maximum Gasteiger partial charge on any atom is 0.221 e. The van der Waals surface area contributed by atoms with Gasteiger partial charge >= 0.3 is 0 Å². The largest absolute Gasteiger partial charge is 0.496 e. The molecule has 1 aromatic rings. The van der Waals surface area contributed by atoms with Crippen LogP contribution in [-0.2, 0) is 4.79 Å². The Hall–Kier alpha value is -2.02. The number of benzene rings is 1. The number of nitriles is 1. The summed E-state index contributed by atoms with van der Waals surface area (Å²) < 4.78 is 5.21. The van der Waals surface area contributed by atoms with Gasteiger partial charge in [0, 0.05) is 18.0 Å². The lowest BCUT2D eigenvalue weighted by Crippen LogP contribution is -2.31. The molecule has 1 rings (SSSR count). The van der Waals surface area contributed by atoms with Crippen LogP contribution < -0.4 is 10.1 Å². The van der Waals surface area contributed by atoms with Gasteiger partial charge < -0.3 is 10.1 Å². The SMILES string of the molecule is COc1ccccc1C(C#N)CC(=O)NC(C)C. The molecule has 0 bridgehead atoms. The van der Waals surface area contributed by atoms with Crippen molar-refractivity contribution in [2.75, 3.05) is 7.11 Å². The highest BCUT2D eigenvalue weighted by atomic mass is 16.5. The van der Waals surface area contributed by atoms with Gasteiger partial charge in [0.05, 0.1) is 19.1 Å². The zero-order valence-corrected chi connectivity index (χ0v) is 10.9. The molecule has 0 aliphatic rings. The maximum atomic E-state index is 11.7. The van der Waals surface area contributed by atoms with Gasteiger partial charge in [0.15, 0.2) is 0 Å². The molecule has 0 radical (unpaired) electrons. The Morgan fingerprint density at radius 3 is 2.67 bits per heavy atom. The minimum Gasteiger partial charge on any atom is -0.496 e. The Morgan fingerprint density at radius 2 is 2.11 bits per heavy atom. The fourth-order valence-electron chi connectivity index (χ4n) is 1.75. The molecule has 1 aromatic carbocycles. The third-order valence-corrected chi connectivity index (χ3v) is 2.51. The number of ether oxygens (including phenoxy) is 1. The molecule has 0 aliphatic carbocycles. The summed E-state index contributed by atoms with van der Waals surface area (Å²) in [4.78, 5) is 11.7. The van der Waals surface area contributed by atoms with Crippen molar-refractivity contribution in [2.45, 2.75) is 32.2 Å². The van der Waals surface area contributed by atoms with E-state index in [2.05, 4.69) is 11.4 Å². The van der Waals surface area contributed by atoms with E-state index in [9.17, 15) is 10.1 Å². The Labute approximate surface area is 108 Å². The predicted octanol–water partition coefficient (Wildman–Crippen LogP) is 2.22. The number of amides is 1. The topological polar surface area (TPSA) is 62.1 Å². The van der Waals surface area contributed by atoms with E-state index in [1.165, 1.54) is 0 Å². The Kier molecular flexibility index (Phi) is 5.19. The van der Waals surface area contributed by atoms with Crippen molar-refractivity contribution in [1.82, 2.24) is 5.32 Å². The van der Waals surface area contributed by atoms with Gasteiger partial charge in [0.2, 0.25) is 5.91 Å². The quantitative estimate of drug-likeness (QED) is 0.866. The van der Waals surface area contributed by atoms with Crippen LogP contribution in [0, 0.1) is 11.3 Å². The van der Waals surface area contributed by atoms with Crippen LogP contribution in [0.15, 0.2) is 24.3 Å². The van der Waals surface area contributed by atoms with E-state index in [1.54, 1.807) is 13.2 Å². The first-order valence-electron chi connectivity index (χ1n) is 5.90. The molecule has 0 saturated carbocycles. The molecule has 0 aliphatic heterocycles. The van der Waals surface area contributed by atoms with Gasteiger partial charge in [-0.05, 0) is 19.9 Å². The molecule has 0 fully saturated rings. The van der Waals surface area contributed by atoms with E-state index in [1.807, 2.05) is 32.0 Å². The summed E-state index contributed by atoms with van der Waals surface area (Å²) in [5.41, 5.74) is 0.751. The van der Waals surface area contributed by atoms with E-state index in [0.717, 1.165) is 5.56 Å². The molecular formula is C14H18N2O2. The number of para-hydroxylation sites is 1. The lowest BCUT2D eigenvalue weighted by atomic mass is 9.96. The van der Waals surface area contributed by atoms with Gasteiger partial charge in [-0.15, -0.1) is 0 Å². The van der Waals surface area contributed by atoms with Crippen LogP contribution in [0.1, 0.15) is 31.7 Å². The average molecular weight is 246 g/mol. The number of rotatable bonds is 5. The average Bonchev–Trinajstić information content (AvgIpc) is 2.35. The molecule has 0 heterocycles. The third kappa shape index (κ3) is 3.77. The fraction of sp³-hybridized carbons (Fsp3) is 0.429. The highest BCUT2D eigenvalue weighted by Gasteiger charge is 2.19. The molecule has 4 nitrogen and oxygen atoms in total. The first kappa shape index (κ1) is 14.0. The van der Waals surface area contributed by atoms with Crippen LogP contribution in [-0.4, -0.2) is 19.1 Å². The molecule has 1 unspecified atom stereocenters. The second kappa shape index (κ2) is 6.65. The van der Waals surface area contributed by atoms with Gasteiger partial charge in [0.1, 0.15) is 5.75 Å². The lowest BCUT2D eigenvalue weighted by Gasteiger charge is -2.14. The monoisotopic (exact) mass is 246 g/mol. The maximum absolute atomic E-state index is 11.7. The third-order valence-electron chi connectivity index (χ3n) is 2.51. The van der Waals surface area contributed by atoms with Gasteiger partial charge in [0.25, 0.3) is 0 Å².